The highest BCUT2D eigenvalue weighted by Gasteiger charge is 2.34. The molecule has 1 saturated carbocycles. The van der Waals surface area contributed by atoms with Gasteiger partial charge in [-0.3, -0.25) is 9.48 Å². The first kappa shape index (κ1) is 12.9. The summed E-state index contributed by atoms with van der Waals surface area (Å²) in [4.78, 5) is 12.2. The normalized spacial score (nSPS) is 20.7. The molecule has 1 aromatic carbocycles. The molecule has 1 aromatic heterocycles. The second-order valence-electron chi connectivity index (χ2n) is 5.17. The molecule has 0 radical (unpaired) electrons. The largest absolute Gasteiger partial charge is 0.327 e. The summed E-state index contributed by atoms with van der Waals surface area (Å²) >= 11 is 0. The van der Waals surface area contributed by atoms with Crippen molar-refractivity contribution in [2.45, 2.75) is 31.8 Å². The highest BCUT2D eigenvalue weighted by molar-refractivity contribution is 6.04. The molecule has 2 aromatic rings. The van der Waals surface area contributed by atoms with E-state index < -0.39 is 0 Å². The predicted molar refractivity (Wildman–Crippen MR) is 77.6 cm³/mol. The van der Waals surface area contributed by atoms with E-state index in [9.17, 15) is 4.79 Å². The summed E-state index contributed by atoms with van der Waals surface area (Å²) in [7, 11) is 0. The minimum Gasteiger partial charge on any atom is -0.327 e. The number of rotatable bonds is 4. The molecule has 104 valence electrons. The first-order chi connectivity index (χ1) is 9.67. The van der Waals surface area contributed by atoms with Crippen molar-refractivity contribution in [1.29, 1.82) is 0 Å². The van der Waals surface area contributed by atoms with Crippen molar-refractivity contribution in [3.05, 3.63) is 47.8 Å². The molecule has 5 heteroatoms. The van der Waals surface area contributed by atoms with Crippen molar-refractivity contribution < 1.29 is 4.79 Å². The Bertz CT molecular complexity index is 634. The van der Waals surface area contributed by atoms with Crippen molar-refractivity contribution >= 4 is 11.6 Å². The Kier molecular flexibility index (Phi) is 3.28. The molecule has 5 nitrogen and oxygen atoms in total. The van der Waals surface area contributed by atoms with E-state index in [1.807, 2.05) is 37.4 Å². The molecular weight excluding hydrogens is 252 g/mol. The lowest BCUT2D eigenvalue weighted by Gasteiger charge is -2.05. The van der Waals surface area contributed by atoms with Crippen LogP contribution in [0.3, 0.4) is 0 Å². The van der Waals surface area contributed by atoms with Gasteiger partial charge in [-0.2, -0.15) is 5.10 Å². The van der Waals surface area contributed by atoms with Crippen LogP contribution in [0.4, 0.5) is 5.69 Å². The maximum atomic E-state index is 12.2. The van der Waals surface area contributed by atoms with Crippen LogP contribution in [0, 0.1) is 0 Å². The second kappa shape index (κ2) is 5.09. The molecule has 1 aliphatic carbocycles. The Morgan fingerprint density at radius 3 is 3.00 bits per heavy atom. The number of hydrogen-bond acceptors (Lipinski definition) is 3. The number of benzene rings is 1. The lowest BCUT2D eigenvalue weighted by Crippen LogP contribution is -2.12. The van der Waals surface area contributed by atoms with Gasteiger partial charge in [0, 0.05) is 30.3 Å². The van der Waals surface area contributed by atoms with Gasteiger partial charge < -0.3 is 11.1 Å². The molecule has 0 aliphatic heterocycles. The number of nitrogens with one attached hydrogen (secondary N) is 1. The van der Waals surface area contributed by atoms with Gasteiger partial charge in [-0.25, -0.2) is 0 Å². The first-order valence-corrected chi connectivity index (χ1v) is 6.86. The topological polar surface area (TPSA) is 72.9 Å². The van der Waals surface area contributed by atoms with E-state index in [2.05, 4.69) is 10.4 Å². The van der Waals surface area contributed by atoms with Crippen LogP contribution in [0.2, 0.25) is 0 Å². The highest BCUT2D eigenvalue weighted by Crippen LogP contribution is 2.39. The predicted octanol–water partition coefficient (Wildman–Crippen LogP) is 1.97. The minimum atomic E-state index is -0.114. The van der Waals surface area contributed by atoms with Crippen molar-refractivity contribution in [1.82, 2.24) is 9.78 Å². The third-order valence-electron chi connectivity index (χ3n) is 3.63. The van der Waals surface area contributed by atoms with Crippen LogP contribution < -0.4 is 11.1 Å². The molecule has 3 N–H and O–H groups in total. The lowest BCUT2D eigenvalue weighted by atomic mass is 10.1. The fourth-order valence-electron chi connectivity index (χ4n) is 2.31. The Balaban J connectivity index is 1.73. The molecule has 1 aliphatic rings. The zero-order valence-corrected chi connectivity index (χ0v) is 11.4. The molecule has 2 atom stereocenters. The monoisotopic (exact) mass is 270 g/mol. The number of nitrogens with zero attached hydrogens (tertiary/aromatic N) is 2. The van der Waals surface area contributed by atoms with E-state index in [4.69, 9.17) is 5.73 Å². The van der Waals surface area contributed by atoms with Crippen molar-refractivity contribution in [2.24, 2.45) is 5.73 Å². The van der Waals surface area contributed by atoms with Crippen LogP contribution in [0.5, 0.6) is 0 Å². The second-order valence-corrected chi connectivity index (χ2v) is 5.17. The van der Waals surface area contributed by atoms with Gasteiger partial charge >= 0.3 is 0 Å². The van der Waals surface area contributed by atoms with E-state index in [0.29, 0.717) is 17.2 Å². The summed E-state index contributed by atoms with van der Waals surface area (Å²) in [6.45, 7) is 2.78. The SMILES string of the molecule is CCn1cc(NC(=O)c2cccc([C@@H]3C[C@H]3N)c2)cn1. The number of nitrogens with two attached hydrogens (primary N) is 1. The summed E-state index contributed by atoms with van der Waals surface area (Å²) in [5, 5.41) is 6.99. The van der Waals surface area contributed by atoms with Crippen molar-refractivity contribution in [3.63, 3.8) is 0 Å². The number of carbonyl (C=O) groups is 1. The Hall–Kier alpha value is -2.14. The number of hydrogen-bond donors (Lipinski definition) is 2. The summed E-state index contributed by atoms with van der Waals surface area (Å²) in [5.74, 6) is 0.294. The number of carbonyl (C=O) groups excluding carboxylic acids is 1. The van der Waals surface area contributed by atoms with Gasteiger partial charge in [0.25, 0.3) is 5.91 Å². The van der Waals surface area contributed by atoms with E-state index >= 15 is 0 Å². The molecule has 1 fully saturated rings. The summed E-state index contributed by atoms with van der Waals surface area (Å²) in [6, 6.07) is 7.93. The van der Waals surface area contributed by atoms with Gasteiger partial charge in [-0.1, -0.05) is 12.1 Å². The standard InChI is InChI=1S/C15H18N4O/c1-2-19-9-12(8-17-19)18-15(20)11-5-3-4-10(6-11)13-7-14(13)16/h3-6,8-9,13-14H,2,7,16H2,1H3,(H,18,20)/t13-,14+/m0/s1. The third-order valence-corrected chi connectivity index (χ3v) is 3.63. The number of amides is 1. The molecule has 0 bridgehead atoms. The molecular formula is C15H18N4O. The van der Waals surface area contributed by atoms with Crippen LogP contribution in [0.15, 0.2) is 36.7 Å². The number of aromatic nitrogens is 2. The minimum absolute atomic E-state index is 0.114. The Labute approximate surface area is 117 Å². The van der Waals surface area contributed by atoms with Crippen LogP contribution in [0.1, 0.15) is 35.2 Å². The fraction of sp³-hybridized carbons (Fsp3) is 0.333. The maximum absolute atomic E-state index is 12.2. The van der Waals surface area contributed by atoms with Gasteiger partial charge in [0.15, 0.2) is 0 Å². The van der Waals surface area contributed by atoms with E-state index in [1.165, 1.54) is 0 Å². The molecule has 0 spiro atoms. The smallest absolute Gasteiger partial charge is 0.255 e. The van der Waals surface area contributed by atoms with Gasteiger partial charge in [-0.05, 0) is 31.0 Å². The summed E-state index contributed by atoms with van der Waals surface area (Å²) < 4.78 is 1.77. The van der Waals surface area contributed by atoms with Crippen LogP contribution in [-0.4, -0.2) is 21.7 Å². The number of aryl methyl sites for hydroxylation is 1. The summed E-state index contributed by atoms with van der Waals surface area (Å²) in [6.07, 6.45) is 4.48. The molecule has 3 rings (SSSR count). The molecule has 20 heavy (non-hydrogen) atoms. The molecule has 1 amide bonds. The van der Waals surface area contributed by atoms with Crippen molar-refractivity contribution in [3.8, 4) is 0 Å². The van der Waals surface area contributed by atoms with Gasteiger partial charge in [0.1, 0.15) is 0 Å². The zero-order valence-electron chi connectivity index (χ0n) is 11.4. The van der Waals surface area contributed by atoms with E-state index in [1.54, 1.807) is 10.9 Å². The average molecular weight is 270 g/mol. The van der Waals surface area contributed by atoms with Gasteiger partial charge in [0.05, 0.1) is 11.9 Å². The highest BCUT2D eigenvalue weighted by atomic mass is 16.1. The average Bonchev–Trinajstić information content (AvgIpc) is 3.02. The quantitative estimate of drug-likeness (QED) is 0.892. The van der Waals surface area contributed by atoms with Gasteiger partial charge in [-0.15, -0.1) is 0 Å². The third kappa shape index (κ3) is 2.58. The van der Waals surface area contributed by atoms with E-state index in [0.717, 1.165) is 18.5 Å². The fourth-order valence-corrected chi connectivity index (χ4v) is 2.31. The Morgan fingerprint density at radius 2 is 2.35 bits per heavy atom. The van der Waals surface area contributed by atoms with Crippen LogP contribution in [0.25, 0.3) is 0 Å². The maximum Gasteiger partial charge on any atom is 0.255 e. The number of anilines is 1. The van der Waals surface area contributed by atoms with Crippen LogP contribution in [-0.2, 0) is 6.54 Å². The van der Waals surface area contributed by atoms with E-state index in [-0.39, 0.29) is 11.9 Å². The van der Waals surface area contributed by atoms with Crippen LogP contribution >= 0.6 is 0 Å². The molecule has 0 saturated heterocycles. The van der Waals surface area contributed by atoms with Crippen molar-refractivity contribution in [2.75, 3.05) is 5.32 Å². The molecule has 0 unspecified atom stereocenters. The Morgan fingerprint density at radius 1 is 1.55 bits per heavy atom. The van der Waals surface area contributed by atoms with Gasteiger partial charge in [0.2, 0.25) is 0 Å². The molecule has 1 heterocycles. The summed E-state index contributed by atoms with van der Waals surface area (Å²) in [5.41, 5.74) is 8.37. The zero-order chi connectivity index (χ0) is 14.1. The first-order valence-electron chi connectivity index (χ1n) is 6.86. The lowest BCUT2D eigenvalue weighted by molar-refractivity contribution is 0.102.